The summed E-state index contributed by atoms with van der Waals surface area (Å²) in [5.74, 6) is 0.964. The maximum Gasteiger partial charge on any atom is 0.508 e. The number of hydrogen-bond donors (Lipinski definition) is 1. The van der Waals surface area contributed by atoms with Crippen LogP contribution in [0.15, 0.2) is 12.2 Å². The van der Waals surface area contributed by atoms with Crippen LogP contribution in [0.5, 0.6) is 0 Å². The Hall–Kier alpha value is -1.11. The molecule has 5 unspecified atom stereocenters. The minimum absolute atomic E-state index is 0.0403. The van der Waals surface area contributed by atoms with Crippen molar-refractivity contribution in [2.75, 3.05) is 13.2 Å². The fourth-order valence-electron chi connectivity index (χ4n) is 3.59. The minimum Gasteiger partial charge on any atom is -0.434 e. The van der Waals surface area contributed by atoms with E-state index in [0.717, 1.165) is 38.5 Å². The summed E-state index contributed by atoms with van der Waals surface area (Å²) in [6.45, 7) is -0.101. The number of cyclic esters (lactones) is 2. The lowest BCUT2D eigenvalue weighted by molar-refractivity contribution is -0.313. The smallest absolute Gasteiger partial charge is 0.434 e. The van der Waals surface area contributed by atoms with Crippen LogP contribution in [-0.4, -0.2) is 43.2 Å². The van der Waals surface area contributed by atoms with Gasteiger partial charge in [0, 0.05) is 6.42 Å². The van der Waals surface area contributed by atoms with Crippen molar-refractivity contribution in [1.82, 2.24) is 0 Å². The first-order valence-electron chi connectivity index (χ1n) is 8.14. The molecule has 0 aromatic heterocycles. The van der Waals surface area contributed by atoms with Gasteiger partial charge in [0.05, 0.1) is 19.3 Å². The number of aliphatic hydroxyl groups is 1. The molecule has 0 amide bonds. The van der Waals surface area contributed by atoms with Gasteiger partial charge in [-0.25, -0.2) is 4.79 Å². The van der Waals surface area contributed by atoms with E-state index < -0.39 is 12.6 Å². The number of hydrogen-bond acceptors (Lipinski definition) is 6. The van der Waals surface area contributed by atoms with Crippen LogP contribution in [0.1, 0.15) is 38.5 Å². The molecule has 2 aliphatic heterocycles. The van der Waals surface area contributed by atoms with Crippen molar-refractivity contribution in [3.05, 3.63) is 12.2 Å². The van der Waals surface area contributed by atoms with Gasteiger partial charge in [-0.1, -0.05) is 12.2 Å². The molecule has 0 aromatic carbocycles. The van der Waals surface area contributed by atoms with Crippen molar-refractivity contribution in [3.63, 3.8) is 0 Å². The van der Waals surface area contributed by atoms with Crippen LogP contribution in [0.4, 0.5) is 4.79 Å². The highest BCUT2D eigenvalue weighted by Crippen LogP contribution is 2.36. The molecule has 0 saturated carbocycles. The molecule has 5 atom stereocenters. The number of ether oxygens (including phenoxy) is 4. The summed E-state index contributed by atoms with van der Waals surface area (Å²) in [7, 11) is 0. The molecular weight excluding hydrogens is 288 g/mol. The molecule has 0 bridgehead atoms. The zero-order valence-corrected chi connectivity index (χ0v) is 12.7. The second-order valence-electron chi connectivity index (χ2n) is 6.29. The standard InChI is InChI=1S/C16H24O6/c17-15-19-7-5-13(21-15)9-11-3-1-2-4-12(11)10-14-6-8-20-16(18)22-14/h1-2,11-15,17H,3-10H2. The van der Waals surface area contributed by atoms with Crippen molar-refractivity contribution >= 4 is 6.16 Å². The predicted octanol–water partition coefficient (Wildman–Crippen LogP) is 2.36. The van der Waals surface area contributed by atoms with Crippen LogP contribution in [0.25, 0.3) is 0 Å². The molecule has 0 aromatic rings. The average molecular weight is 312 g/mol. The zero-order chi connectivity index (χ0) is 15.4. The van der Waals surface area contributed by atoms with E-state index >= 15 is 0 Å². The van der Waals surface area contributed by atoms with Gasteiger partial charge in [0.25, 0.3) is 6.48 Å². The van der Waals surface area contributed by atoms with Crippen LogP contribution in [0, 0.1) is 11.8 Å². The first-order valence-corrected chi connectivity index (χ1v) is 8.14. The molecule has 6 nitrogen and oxygen atoms in total. The molecule has 0 radical (unpaired) electrons. The van der Waals surface area contributed by atoms with E-state index in [0.29, 0.717) is 25.0 Å². The molecule has 124 valence electrons. The Balaban J connectivity index is 1.54. The maximum absolute atomic E-state index is 11.2. The van der Waals surface area contributed by atoms with Gasteiger partial charge in [0.2, 0.25) is 0 Å². The summed E-state index contributed by atoms with van der Waals surface area (Å²) >= 11 is 0. The van der Waals surface area contributed by atoms with Gasteiger partial charge in [-0.05, 0) is 43.9 Å². The number of carbonyl (C=O) groups is 1. The fraction of sp³-hybridized carbons (Fsp3) is 0.812. The second-order valence-corrected chi connectivity index (χ2v) is 6.29. The average Bonchev–Trinajstić information content (AvgIpc) is 2.49. The Bertz CT molecular complexity index is 409. The molecule has 2 saturated heterocycles. The maximum atomic E-state index is 11.2. The largest absolute Gasteiger partial charge is 0.508 e. The summed E-state index contributed by atoms with van der Waals surface area (Å²) in [5, 5.41) is 9.44. The fourth-order valence-corrected chi connectivity index (χ4v) is 3.59. The highest BCUT2D eigenvalue weighted by molar-refractivity contribution is 5.60. The van der Waals surface area contributed by atoms with E-state index in [1.54, 1.807) is 0 Å². The van der Waals surface area contributed by atoms with E-state index in [-0.39, 0.29) is 12.2 Å². The van der Waals surface area contributed by atoms with E-state index in [4.69, 9.17) is 18.9 Å². The first-order chi connectivity index (χ1) is 10.7. The van der Waals surface area contributed by atoms with Crippen LogP contribution in [-0.2, 0) is 18.9 Å². The Labute approximate surface area is 130 Å². The number of aliphatic hydroxyl groups excluding tert-OH is 1. The van der Waals surface area contributed by atoms with Crippen molar-refractivity contribution in [2.45, 2.75) is 57.2 Å². The predicted molar refractivity (Wildman–Crippen MR) is 76.9 cm³/mol. The van der Waals surface area contributed by atoms with Crippen molar-refractivity contribution in [3.8, 4) is 0 Å². The Morgan fingerprint density at radius 2 is 1.73 bits per heavy atom. The van der Waals surface area contributed by atoms with Gasteiger partial charge in [0.15, 0.2) is 0 Å². The molecule has 1 aliphatic carbocycles. The van der Waals surface area contributed by atoms with E-state index in [1.807, 2.05) is 0 Å². The van der Waals surface area contributed by atoms with Crippen molar-refractivity contribution < 1.29 is 28.8 Å². The Morgan fingerprint density at radius 1 is 1.05 bits per heavy atom. The van der Waals surface area contributed by atoms with Crippen LogP contribution >= 0.6 is 0 Å². The quantitative estimate of drug-likeness (QED) is 0.634. The highest BCUT2D eigenvalue weighted by atomic mass is 16.8. The normalized spacial score (nSPS) is 39.1. The summed E-state index contributed by atoms with van der Waals surface area (Å²) in [6.07, 6.45) is 9.26. The molecule has 2 fully saturated rings. The van der Waals surface area contributed by atoms with E-state index in [1.165, 1.54) is 0 Å². The molecule has 2 heterocycles. The number of carbonyl (C=O) groups excluding carboxylic acids is 1. The van der Waals surface area contributed by atoms with Gasteiger partial charge in [-0.2, -0.15) is 0 Å². The molecule has 3 rings (SSSR count). The molecule has 22 heavy (non-hydrogen) atoms. The SMILES string of the molecule is O=C1OCCC(CC2CC=CCC2CC2CCOC(O)O2)O1. The van der Waals surface area contributed by atoms with Crippen molar-refractivity contribution in [2.24, 2.45) is 11.8 Å². The second kappa shape index (κ2) is 7.44. The molecule has 1 N–H and O–H groups in total. The lowest BCUT2D eigenvalue weighted by Gasteiger charge is -2.36. The van der Waals surface area contributed by atoms with Gasteiger partial charge < -0.3 is 24.1 Å². The third-order valence-electron chi connectivity index (χ3n) is 4.77. The number of allylic oxidation sites excluding steroid dienone is 2. The van der Waals surface area contributed by atoms with Crippen LogP contribution < -0.4 is 0 Å². The Morgan fingerprint density at radius 3 is 2.41 bits per heavy atom. The van der Waals surface area contributed by atoms with E-state index in [9.17, 15) is 9.90 Å². The zero-order valence-electron chi connectivity index (χ0n) is 12.7. The summed E-state index contributed by atoms with van der Waals surface area (Å²) < 4.78 is 20.5. The Kier molecular flexibility index (Phi) is 5.33. The monoisotopic (exact) mass is 312 g/mol. The molecule has 6 heteroatoms. The van der Waals surface area contributed by atoms with Crippen LogP contribution in [0.3, 0.4) is 0 Å². The highest BCUT2D eigenvalue weighted by Gasteiger charge is 2.32. The number of rotatable bonds is 4. The third-order valence-corrected chi connectivity index (χ3v) is 4.77. The lowest BCUT2D eigenvalue weighted by atomic mass is 9.76. The topological polar surface area (TPSA) is 74.2 Å². The summed E-state index contributed by atoms with van der Waals surface area (Å²) in [6, 6.07) is 0. The van der Waals surface area contributed by atoms with Crippen LogP contribution in [0.2, 0.25) is 0 Å². The lowest BCUT2D eigenvalue weighted by Crippen LogP contribution is -2.36. The molecular formula is C16H24O6. The van der Waals surface area contributed by atoms with Crippen molar-refractivity contribution in [1.29, 1.82) is 0 Å². The van der Waals surface area contributed by atoms with Gasteiger partial charge in [-0.3, -0.25) is 0 Å². The summed E-state index contributed by atoms with van der Waals surface area (Å²) in [4.78, 5) is 11.2. The first kappa shape index (κ1) is 15.8. The van der Waals surface area contributed by atoms with Gasteiger partial charge >= 0.3 is 6.16 Å². The van der Waals surface area contributed by atoms with Gasteiger partial charge in [-0.15, -0.1) is 0 Å². The molecule has 3 aliphatic rings. The van der Waals surface area contributed by atoms with Gasteiger partial charge in [0.1, 0.15) is 6.10 Å². The van der Waals surface area contributed by atoms with E-state index in [2.05, 4.69) is 12.2 Å². The summed E-state index contributed by atoms with van der Waals surface area (Å²) in [5.41, 5.74) is 0. The third kappa shape index (κ3) is 4.21. The molecule has 0 spiro atoms. The minimum atomic E-state index is -1.09.